The minimum atomic E-state index is -1.15. The second-order valence-corrected chi connectivity index (χ2v) is 11.2. The first-order valence-corrected chi connectivity index (χ1v) is 14.4. The predicted octanol–water partition coefficient (Wildman–Crippen LogP) is 2.09. The first-order valence-electron chi connectivity index (χ1n) is 14.4. The van der Waals surface area contributed by atoms with E-state index >= 15 is 0 Å². The summed E-state index contributed by atoms with van der Waals surface area (Å²) in [6.45, 7) is 6.98. The highest BCUT2D eigenvalue weighted by Gasteiger charge is 2.33. The topological polar surface area (TPSA) is 173 Å². The molecule has 5 atom stereocenters. The van der Waals surface area contributed by atoms with Gasteiger partial charge in [0.05, 0.1) is 23.7 Å². The SMILES string of the molecule is CC[C@@H](C)[C@H](NC(=O)[C@@](C)(N)CCC/C=C\CCC[C@](C)(N)C(=O)N[C@@H](C=O)Cc1ccccc1)C(=O)NCC=O. The molecule has 0 unspecified atom stereocenters. The van der Waals surface area contributed by atoms with E-state index < -0.39 is 35.0 Å². The zero-order chi connectivity index (χ0) is 30.9. The summed E-state index contributed by atoms with van der Waals surface area (Å²) in [5, 5.41) is 8.02. The minimum Gasteiger partial charge on any atom is -0.348 e. The van der Waals surface area contributed by atoms with Gasteiger partial charge in [0.25, 0.3) is 0 Å². The number of amides is 3. The normalized spacial score (nSPS) is 16.4. The van der Waals surface area contributed by atoms with Crippen molar-refractivity contribution in [3.05, 3.63) is 48.0 Å². The molecule has 3 amide bonds. The maximum atomic E-state index is 12.8. The molecule has 1 rings (SSSR count). The molecule has 41 heavy (non-hydrogen) atoms. The van der Waals surface area contributed by atoms with Crippen LogP contribution in [0.25, 0.3) is 0 Å². The van der Waals surface area contributed by atoms with Gasteiger partial charge in [-0.15, -0.1) is 0 Å². The molecule has 1 aromatic carbocycles. The number of nitrogens with two attached hydrogens (primary N) is 2. The zero-order valence-corrected chi connectivity index (χ0v) is 25.0. The molecule has 0 aromatic heterocycles. The Hall–Kier alpha value is -3.37. The molecule has 0 fully saturated rings. The molecule has 0 bridgehead atoms. The summed E-state index contributed by atoms with van der Waals surface area (Å²) < 4.78 is 0. The van der Waals surface area contributed by atoms with Crippen molar-refractivity contribution < 1.29 is 24.0 Å². The molecule has 0 spiro atoms. The van der Waals surface area contributed by atoms with Crippen molar-refractivity contribution in [2.45, 2.75) is 102 Å². The lowest BCUT2D eigenvalue weighted by Gasteiger charge is -2.29. The van der Waals surface area contributed by atoms with Crippen LogP contribution in [0.2, 0.25) is 0 Å². The molecule has 10 heteroatoms. The van der Waals surface area contributed by atoms with Crippen molar-refractivity contribution >= 4 is 30.3 Å². The van der Waals surface area contributed by atoms with E-state index in [1.54, 1.807) is 13.8 Å². The Morgan fingerprint density at radius 3 is 1.93 bits per heavy atom. The van der Waals surface area contributed by atoms with Gasteiger partial charge in [-0.05, 0) is 70.3 Å². The van der Waals surface area contributed by atoms with Crippen LogP contribution >= 0.6 is 0 Å². The lowest BCUT2D eigenvalue weighted by atomic mass is 9.92. The standard InChI is InChI=1S/C31H49N5O5/c1-5-23(2)26(27(39)34-19-20-37)36-29(41)31(4,33)18-14-9-7-6-8-13-17-30(3,32)28(40)35-25(22-38)21-24-15-11-10-12-16-24/h6-7,10-12,15-16,20,22-23,25-26H,5,8-9,13-14,17-19,21,32-33H2,1-4H3,(H,34,39)(H,35,40)(H,36,41)/b7-6-/t23-,25-,26+,30+,31+/m1/s1. The smallest absolute Gasteiger partial charge is 0.243 e. The Balaban J connectivity index is 2.43. The van der Waals surface area contributed by atoms with Crippen molar-refractivity contribution in [1.82, 2.24) is 16.0 Å². The third kappa shape index (κ3) is 13.2. The third-order valence-electron chi connectivity index (χ3n) is 7.26. The predicted molar refractivity (Wildman–Crippen MR) is 161 cm³/mol. The van der Waals surface area contributed by atoms with Crippen LogP contribution in [0, 0.1) is 5.92 Å². The van der Waals surface area contributed by atoms with E-state index in [0.29, 0.717) is 44.8 Å². The molecule has 0 aliphatic rings. The van der Waals surface area contributed by atoms with Gasteiger partial charge in [-0.3, -0.25) is 14.4 Å². The molecule has 0 saturated heterocycles. The van der Waals surface area contributed by atoms with E-state index in [1.807, 2.05) is 56.3 Å². The number of hydrogen-bond donors (Lipinski definition) is 5. The van der Waals surface area contributed by atoms with E-state index in [-0.39, 0.29) is 18.4 Å². The number of aldehydes is 2. The Bertz CT molecular complexity index is 1010. The molecule has 0 radical (unpaired) electrons. The average Bonchev–Trinajstić information content (AvgIpc) is 2.95. The van der Waals surface area contributed by atoms with Gasteiger partial charge in [0.15, 0.2) is 0 Å². The molecule has 0 heterocycles. The van der Waals surface area contributed by atoms with Gasteiger partial charge in [0, 0.05) is 0 Å². The molecule has 10 nitrogen and oxygen atoms in total. The summed E-state index contributed by atoms with van der Waals surface area (Å²) >= 11 is 0. The van der Waals surface area contributed by atoms with E-state index in [0.717, 1.165) is 24.7 Å². The first-order chi connectivity index (χ1) is 19.4. The second kappa shape index (κ2) is 18.1. The molecular formula is C31H49N5O5. The highest BCUT2D eigenvalue weighted by Crippen LogP contribution is 2.16. The molecular weight excluding hydrogens is 522 g/mol. The lowest BCUT2D eigenvalue weighted by Crippen LogP contribution is -2.59. The molecule has 1 aromatic rings. The largest absolute Gasteiger partial charge is 0.348 e. The number of unbranched alkanes of at least 4 members (excludes halogenated alkanes) is 2. The van der Waals surface area contributed by atoms with Crippen LogP contribution in [0.3, 0.4) is 0 Å². The van der Waals surface area contributed by atoms with E-state index in [4.69, 9.17) is 11.5 Å². The fraction of sp³-hybridized carbons (Fsp3) is 0.581. The van der Waals surface area contributed by atoms with E-state index in [9.17, 15) is 24.0 Å². The Labute approximate surface area is 244 Å². The summed E-state index contributed by atoms with van der Waals surface area (Å²) in [5.41, 5.74) is 11.2. The number of allylic oxidation sites excluding steroid dienone is 2. The van der Waals surface area contributed by atoms with Gasteiger partial charge in [0.1, 0.15) is 18.6 Å². The van der Waals surface area contributed by atoms with Crippen LogP contribution in [0.1, 0.15) is 78.2 Å². The van der Waals surface area contributed by atoms with Gasteiger partial charge in [-0.1, -0.05) is 62.8 Å². The fourth-order valence-electron chi connectivity index (χ4n) is 4.23. The number of benzene rings is 1. The van der Waals surface area contributed by atoms with Crippen molar-refractivity contribution in [3.63, 3.8) is 0 Å². The summed E-state index contributed by atoms with van der Waals surface area (Å²) in [4.78, 5) is 60.0. The van der Waals surface area contributed by atoms with Crippen LogP contribution in [0.15, 0.2) is 42.5 Å². The highest BCUT2D eigenvalue weighted by atomic mass is 16.2. The molecule has 0 aliphatic heterocycles. The zero-order valence-electron chi connectivity index (χ0n) is 25.0. The highest BCUT2D eigenvalue weighted by molar-refractivity contribution is 5.92. The van der Waals surface area contributed by atoms with Crippen molar-refractivity contribution in [1.29, 1.82) is 0 Å². The summed E-state index contributed by atoms with van der Waals surface area (Å²) in [6.07, 6.45) is 10.1. The summed E-state index contributed by atoms with van der Waals surface area (Å²) in [7, 11) is 0. The number of rotatable bonds is 20. The van der Waals surface area contributed by atoms with Gasteiger partial charge in [-0.25, -0.2) is 0 Å². The number of nitrogens with one attached hydrogen (secondary N) is 3. The molecule has 0 aliphatic carbocycles. The van der Waals surface area contributed by atoms with Crippen LogP contribution in [0.5, 0.6) is 0 Å². The van der Waals surface area contributed by atoms with E-state index in [1.165, 1.54) is 0 Å². The van der Waals surface area contributed by atoms with Crippen LogP contribution in [-0.2, 0) is 30.4 Å². The minimum absolute atomic E-state index is 0.110. The van der Waals surface area contributed by atoms with Crippen LogP contribution in [-0.4, -0.2) is 60.0 Å². The molecule has 228 valence electrons. The number of carbonyl (C=O) groups excluding carboxylic acids is 5. The van der Waals surface area contributed by atoms with Crippen LogP contribution in [0.4, 0.5) is 0 Å². The molecule has 0 saturated carbocycles. The first kappa shape index (κ1) is 35.7. The summed E-state index contributed by atoms with van der Waals surface area (Å²) in [6, 6.07) is 8.07. The maximum Gasteiger partial charge on any atom is 0.243 e. The van der Waals surface area contributed by atoms with Gasteiger partial charge in [-0.2, -0.15) is 0 Å². The van der Waals surface area contributed by atoms with Crippen molar-refractivity contribution in [3.8, 4) is 0 Å². The Morgan fingerprint density at radius 2 is 1.44 bits per heavy atom. The van der Waals surface area contributed by atoms with Gasteiger partial charge < -0.3 is 37.0 Å². The van der Waals surface area contributed by atoms with Gasteiger partial charge in [0.2, 0.25) is 17.7 Å². The van der Waals surface area contributed by atoms with Crippen molar-refractivity contribution in [2.75, 3.05) is 6.54 Å². The van der Waals surface area contributed by atoms with E-state index in [2.05, 4.69) is 16.0 Å². The van der Waals surface area contributed by atoms with Crippen molar-refractivity contribution in [2.24, 2.45) is 17.4 Å². The average molecular weight is 572 g/mol. The number of hydrogen-bond acceptors (Lipinski definition) is 7. The Kier molecular flexibility index (Phi) is 15.8. The maximum absolute atomic E-state index is 12.8. The Morgan fingerprint density at radius 1 is 0.902 bits per heavy atom. The lowest BCUT2D eigenvalue weighted by molar-refractivity contribution is -0.133. The fourth-order valence-corrected chi connectivity index (χ4v) is 4.23. The number of carbonyl (C=O) groups is 5. The third-order valence-corrected chi connectivity index (χ3v) is 7.26. The van der Waals surface area contributed by atoms with Crippen LogP contribution < -0.4 is 27.4 Å². The monoisotopic (exact) mass is 571 g/mol. The van der Waals surface area contributed by atoms with Gasteiger partial charge >= 0.3 is 0 Å². The quantitative estimate of drug-likeness (QED) is 0.0905. The summed E-state index contributed by atoms with van der Waals surface area (Å²) in [5.74, 6) is -1.28. The molecule has 7 N–H and O–H groups in total. The second-order valence-electron chi connectivity index (χ2n) is 11.2.